The van der Waals surface area contributed by atoms with Gasteiger partial charge in [-0.15, -0.1) is 0 Å². The summed E-state index contributed by atoms with van der Waals surface area (Å²) in [6.07, 6.45) is 0.352. The van der Waals surface area contributed by atoms with Crippen LogP contribution in [0.15, 0.2) is 24.3 Å². The molecule has 1 heterocycles. The van der Waals surface area contributed by atoms with Crippen molar-refractivity contribution < 1.29 is 24.7 Å². The predicted molar refractivity (Wildman–Crippen MR) is 99.7 cm³/mol. The van der Waals surface area contributed by atoms with E-state index in [0.29, 0.717) is 17.9 Å². The standard InChI is InChI=1S/C20H21N3O5/c1-14(25)18(20(27)22-28)21-19(26)17-9-7-15(8-10-17)5-3-2-4-6-16-11-23(12-16)13-24/h7-10,13-14,16,18,25,28H,6,11-12H2,1H3,(H,21,26)(H,22,27)/t14-,18+/m1/s1. The number of hydrogen-bond acceptors (Lipinski definition) is 5. The van der Waals surface area contributed by atoms with Gasteiger partial charge in [0, 0.05) is 36.6 Å². The van der Waals surface area contributed by atoms with Crippen LogP contribution < -0.4 is 10.8 Å². The molecule has 1 saturated heterocycles. The highest BCUT2D eigenvalue weighted by atomic mass is 16.5. The molecule has 0 radical (unpaired) electrons. The van der Waals surface area contributed by atoms with E-state index in [1.165, 1.54) is 24.5 Å². The molecule has 0 bridgehead atoms. The van der Waals surface area contributed by atoms with Crippen LogP contribution in [0.2, 0.25) is 0 Å². The average Bonchev–Trinajstić information content (AvgIpc) is 2.66. The molecule has 4 N–H and O–H groups in total. The van der Waals surface area contributed by atoms with Gasteiger partial charge in [0.1, 0.15) is 6.04 Å². The number of rotatable bonds is 6. The van der Waals surface area contributed by atoms with E-state index in [-0.39, 0.29) is 5.56 Å². The van der Waals surface area contributed by atoms with Crippen LogP contribution in [0, 0.1) is 29.6 Å². The number of amides is 3. The SMILES string of the molecule is C[C@@H](O)[C@H](NC(=O)c1ccc(C#CC#CCC2CN(C=O)C2)cc1)C(=O)NO. The lowest BCUT2D eigenvalue weighted by molar-refractivity contribution is -0.133. The lowest BCUT2D eigenvalue weighted by atomic mass is 9.98. The maximum Gasteiger partial charge on any atom is 0.268 e. The van der Waals surface area contributed by atoms with E-state index in [1.54, 1.807) is 17.0 Å². The lowest BCUT2D eigenvalue weighted by Crippen LogP contribution is -2.51. The number of hydrogen-bond donors (Lipinski definition) is 4. The number of carbonyl (C=O) groups is 3. The van der Waals surface area contributed by atoms with Crippen molar-refractivity contribution >= 4 is 18.2 Å². The Bertz CT molecular complexity index is 837. The first-order chi connectivity index (χ1) is 13.4. The molecule has 1 aromatic carbocycles. The zero-order valence-electron chi connectivity index (χ0n) is 15.3. The second-order valence-electron chi connectivity index (χ2n) is 6.43. The first kappa shape index (κ1) is 21.0. The van der Waals surface area contributed by atoms with Crippen molar-refractivity contribution in [2.24, 2.45) is 5.92 Å². The van der Waals surface area contributed by atoms with Gasteiger partial charge >= 0.3 is 0 Å². The molecule has 0 spiro atoms. The molecular weight excluding hydrogens is 362 g/mol. The Morgan fingerprint density at radius 2 is 1.96 bits per heavy atom. The first-order valence-electron chi connectivity index (χ1n) is 8.65. The number of likely N-dealkylation sites (tertiary alicyclic amines) is 1. The van der Waals surface area contributed by atoms with Crippen LogP contribution in [0.5, 0.6) is 0 Å². The third-order valence-corrected chi connectivity index (χ3v) is 4.19. The largest absolute Gasteiger partial charge is 0.391 e. The molecule has 3 amide bonds. The topological polar surface area (TPSA) is 119 Å². The van der Waals surface area contributed by atoms with Crippen LogP contribution in [-0.4, -0.2) is 58.7 Å². The van der Waals surface area contributed by atoms with E-state index < -0.39 is 24.0 Å². The third-order valence-electron chi connectivity index (χ3n) is 4.19. The summed E-state index contributed by atoms with van der Waals surface area (Å²) in [5.74, 6) is 10.3. The lowest BCUT2D eigenvalue weighted by Gasteiger charge is -2.35. The smallest absolute Gasteiger partial charge is 0.268 e. The summed E-state index contributed by atoms with van der Waals surface area (Å²) in [5, 5.41) is 20.5. The van der Waals surface area contributed by atoms with Crippen LogP contribution in [0.4, 0.5) is 0 Å². The van der Waals surface area contributed by atoms with Crippen LogP contribution in [-0.2, 0) is 9.59 Å². The van der Waals surface area contributed by atoms with Gasteiger partial charge in [-0.3, -0.25) is 19.6 Å². The van der Waals surface area contributed by atoms with Crippen molar-refractivity contribution in [3.05, 3.63) is 35.4 Å². The Balaban J connectivity index is 1.88. The van der Waals surface area contributed by atoms with Crippen LogP contribution in [0.3, 0.4) is 0 Å². The number of aliphatic hydroxyl groups is 1. The molecular formula is C20H21N3O5. The summed E-state index contributed by atoms with van der Waals surface area (Å²) in [7, 11) is 0. The summed E-state index contributed by atoms with van der Waals surface area (Å²) >= 11 is 0. The molecule has 2 rings (SSSR count). The predicted octanol–water partition coefficient (Wildman–Crippen LogP) is -0.496. The van der Waals surface area contributed by atoms with Crippen molar-refractivity contribution in [3.8, 4) is 23.7 Å². The highest BCUT2D eigenvalue weighted by Gasteiger charge is 2.25. The van der Waals surface area contributed by atoms with Crippen molar-refractivity contribution in [1.29, 1.82) is 0 Å². The Labute approximate surface area is 162 Å². The molecule has 146 valence electrons. The number of hydroxylamine groups is 1. The summed E-state index contributed by atoms with van der Waals surface area (Å²) in [4.78, 5) is 35.8. The normalized spacial score (nSPS) is 14.9. The molecule has 1 aliphatic heterocycles. The quantitative estimate of drug-likeness (QED) is 0.229. The molecule has 2 atom stereocenters. The van der Waals surface area contributed by atoms with E-state index in [1.807, 2.05) is 0 Å². The maximum atomic E-state index is 12.2. The van der Waals surface area contributed by atoms with Gasteiger partial charge in [-0.25, -0.2) is 5.48 Å². The minimum atomic E-state index is -1.28. The Hall–Kier alpha value is -3.33. The number of nitrogens with zero attached hydrogens (tertiary/aromatic N) is 1. The second-order valence-corrected chi connectivity index (χ2v) is 6.43. The second kappa shape index (κ2) is 10.1. The molecule has 0 unspecified atom stereocenters. The van der Waals surface area contributed by atoms with Crippen molar-refractivity contribution in [2.45, 2.75) is 25.5 Å². The monoisotopic (exact) mass is 383 g/mol. The molecule has 1 aromatic rings. The number of aliphatic hydroxyl groups excluding tert-OH is 1. The van der Waals surface area contributed by atoms with Gasteiger partial charge in [-0.2, -0.15) is 0 Å². The van der Waals surface area contributed by atoms with Gasteiger partial charge in [0.2, 0.25) is 6.41 Å². The average molecular weight is 383 g/mol. The fourth-order valence-electron chi connectivity index (χ4n) is 2.57. The summed E-state index contributed by atoms with van der Waals surface area (Å²) in [6.45, 7) is 2.80. The molecule has 0 aromatic heterocycles. The highest BCUT2D eigenvalue weighted by Crippen LogP contribution is 2.15. The maximum absolute atomic E-state index is 12.2. The van der Waals surface area contributed by atoms with Gasteiger partial charge < -0.3 is 15.3 Å². The molecule has 0 saturated carbocycles. The van der Waals surface area contributed by atoms with Gasteiger partial charge in [0.25, 0.3) is 11.8 Å². The summed E-state index contributed by atoms with van der Waals surface area (Å²) in [6, 6.07) is 5.07. The van der Waals surface area contributed by atoms with Crippen LogP contribution in [0.1, 0.15) is 29.3 Å². The third kappa shape index (κ3) is 5.85. The Kier molecular flexibility index (Phi) is 7.58. The highest BCUT2D eigenvalue weighted by molar-refractivity contribution is 5.97. The van der Waals surface area contributed by atoms with Gasteiger partial charge in [0.15, 0.2) is 0 Å². The fraction of sp³-hybridized carbons (Fsp3) is 0.350. The number of nitrogens with one attached hydrogen (secondary N) is 2. The minimum absolute atomic E-state index is 0.276. The van der Waals surface area contributed by atoms with Crippen molar-refractivity contribution in [2.75, 3.05) is 13.1 Å². The fourth-order valence-corrected chi connectivity index (χ4v) is 2.57. The number of carbonyl (C=O) groups excluding carboxylic acids is 3. The Morgan fingerprint density at radius 1 is 1.29 bits per heavy atom. The van der Waals surface area contributed by atoms with Crippen LogP contribution in [0.25, 0.3) is 0 Å². The molecule has 8 nitrogen and oxygen atoms in total. The minimum Gasteiger partial charge on any atom is -0.391 e. The molecule has 1 fully saturated rings. The van der Waals surface area contributed by atoms with Crippen molar-refractivity contribution in [1.82, 2.24) is 15.7 Å². The Morgan fingerprint density at radius 3 is 2.54 bits per heavy atom. The summed E-state index contributed by atoms with van der Waals surface area (Å²) in [5.41, 5.74) is 2.35. The zero-order valence-corrected chi connectivity index (χ0v) is 15.3. The van der Waals surface area contributed by atoms with E-state index >= 15 is 0 Å². The van der Waals surface area contributed by atoms with Gasteiger partial charge in [-0.05, 0) is 43.0 Å². The zero-order chi connectivity index (χ0) is 20.5. The van der Waals surface area contributed by atoms with Crippen LogP contribution >= 0.6 is 0 Å². The van der Waals surface area contributed by atoms with Gasteiger partial charge in [-0.1, -0.05) is 11.8 Å². The molecule has 0 aliphatic carbocycles. The molecule has 1 aliphatic rings. The van der Waals surface area contributed by atoms with Crippen molar-refractivity contribution in [3.63, 3.8) is 0 Å². The first-order valence-corrected chi connectivity index (χ1v) is 8.65. The van der Waals surface area contributed by atoms with E-state index in [9.17, 15) is 19.5 Å². The van der Waals surface area contributed by atoms with E-state index in [0.717, 1.165) is 19.5 Å². The number of benzene rings is 1. The van der Waals surface area contributed by atoms with E-state index in [2.05, 4.69) is 29.0 Å². The van der Waals surface area contributed by atoms with Gasteiger partial charge in [0.05, 0.1) is 6.10 Å². The summed E-state index contributed by atoms with van der Waals surface area (Å²) < 4.78 is 0. The molecule has 8 heteroatoms. The molecule has 28 heavy (non-hydrogen) atoms. The van der Waals surface area contributed by atoms with E-state index in [4.69, 9.17) is 5.21 Å².